The van der Waals surface area contributed by atoms with E-state index in [1.807, 2.05) is 0 Å². The fourth-order valence-corrected chi connectivity index (χ4v) is 3.41. The smallest absolute Gasteiger partial charge is 0.222 e. The van der Waals surface area contributed by atoms with Crippen molar-refractivity contribution in [2.45, 2.75) is 84.0 Å². The van der Waals surface area contributed by atoms with Crippen LogP contribution in [0.25, 0.3) is 0 Å². The van der Waals surface area contributed by atoms with E-state index in [1.54, 1.807) is 19.0 Å². The fourth-order valence-electron chi connectivity index (χ4n) is 3.41. The highest BCUT2D eigenvalue weighted by Gasteiger charge is 2.29. The zero-order valence-electron chi connectivity index (χ0n) is 17.2. The molecule has 0 radical (unpaired) electrons. The van der Waals surface area contributed by atoms with Crippen LogP contribution in [0, 0.1) is 0 Å². The van der Waals surface area contributed by atoms with E-state index in [1.165, 1.54) is 71.0 Å². The maximum atomic E-state index is 12.6. The molecule has 0 spiro atoms. The maximum Gasteiger partial charge on any atom is 0.222 e. The molecule has 0 heterocycles. The number of Topliss-reactive ketones (excluding diaryl/α,β-unsaturated/α-hetero) is 1. The van der Waals surface area contributed by atoms with Gasteiger partial charge in [0.15, 0.2) is 5.76 Å². The van der Waals surface area contributed by atoms with Gasteiger partial charge in [-0.1, -0.05) is 71.1 Å². The quantitative estimate of drug-likeness (QED) is 0.315. The van der Waals surface area contributed by atoms with Crippen molar-refractivity contribution in [2.75, 3.05) is 21.2 Å². The van der Waals surface area contributed by atoms with Crippen molar-refractivity contribution >= 4 is 11.6 Å². The molecule has 0 saturated heterocycles. The van der Waals surface area contributed by atoms with Gasteiger partial charge < -0.3 is 9.64 Å². The summed E-state index contributed by atoms with van der Waals surface area (Å²) in [7, 11) is 5.04. The largest absolute Gasteiger partial charge is 0.492 e. The van der Waals surface area contributed by atoms with E-state index in [2.05, 4.69) is 6.92 Å². The van der Waals surface area contributed by atoms with Gasteiger partial charge >= 0.3 is 0 Å². The average molecular weight is 364 g/mol. The van der Waals surface area contributed by atoms with Gasteiger partial charge in [-0.05, 0) is 12.8 Å². The first-order valence-electron chi connectivity index (χ1n) is 10.3. The number of nitrogens with zero attached hydrogens (tertiary/aromatic N) is 1. The van der Waals surface area contributed by atoms with Crippen LogP contribution in [0.3, 0.4) is 0 Å². The molecule has 4 heteroatoms. The monoisotopic (exact) mass is 363 g/mol. The minimum absolute atomic E-state index is 0.0708. The molecular weight excluding hydrogens is 326 g/mol. The number of ether oxygens (including phenoxy) is 1. The molecule has 0 N–H and O–H groups in total. The van der Waals surface area contributed by atoms with Gasteiger partial charge in [-0.3, -0.25) is 9.59 Å². The fraction of sp³-hybridized carbons (Fsp3) is 0.727. The molecule has 26 heavy (non-hydrogen) atoms. The lowest BCUT2D eigenvalue weighted by Gasteiger charge is -2.22. The summed E-state index contributed by atoms with van der Waals surface area (Å²) in [6.07, 6.45) is 15.9. The average Bonchev–Trinajstić information content (AvgIpc) is 2.61. The topological polar surface area (TPSA) is 46.6 Å². The van der Waals surface area contributed by atoms with Crippen LogP contribution in [0.15, 0.2) is 23.1 Å². The van der Waals surface area contributed by atoms with Crippen molar-refractivity contribution in [2.24, 2.45) is 0 Å². The molecule has 0 bridgehead atoms. The number of hydrogen-bond donors (Lipinski definition) is 0. The number of rotatable bonds is 14. The van der Waals surface area contributed by atoms with Gasteiger partial charge in [-0.2, -0.15) is 0 Å². The molecule has 1 aliphatic carbocycles. The van der Waals surface area contributed by atoms with E-state index in [0.717, 1.165) is 12.8 Å². The summed E-state index contributed by atoms with van der Waals surface area (Å²) >= 11 is 0. The molecule has 0 aromatic rings. The van der Waals surface area contributed by atoms with Crippen LogP contribution >= 0.6 is 0 Å². The van der Waals surface area contributed by atoms with E-state index < -0.39 is 0 Å². The highest BCUT2D eigenvalue weighted by Crippen LogP contribution is 2.25. The Hall–Kier alpha value is -1.58. The van der Waals surface area contributed by atoms with E-state index in [-0.39, 0.29) is 17.3 Å². The van der Waals surface area contributed by atoms with Gasteiger partial charge in [0.25, 0.3) is 0 Å². The first-order chi connectivity index (χ1) is 12.5. The summed E-state index contributed by atoms with van der Waals surface area (Å²) in [5.74, 6) is -0.0416. The second-order valence-electron chi connectivity index (χ2n) is 7.41. The first-order valence-corrected chi connectivity index (χ1v) is 10.3. The van der Waals surface area contributed by atoms with E-state index in [0.29, 0.717) is 17.7 Å². The van der Waals surface area contributed by atoms with E-state index in [9.17, 15) is 9.59 Å². The Morgan fingerprint density at radius 1 is 0.846 bits per heavy atom. The molecule has 0 atom stereocenters. The lowest BCUT2D eigenvalue weighted by Crippen LogP contribution is -2.28. The molecule has 0 aromatic heterocycles. The third-order valence-electron chi connectivity index (χ3n) is 4.99. The molecule has 0 saturated carbocycles. The van der Waals surface area contributed by atoms with Crippen LogP contribution in [0.4, 0.5) is 0 Å². The van der Waals surface area contributed by atoms with E-state index in [4.69, 9.17) is 4.74 Å². The molecule has 0 fully saturated rings. The molecule has 0 unspecified atom stereocenters. The van der Waals surface area contributed by atoms with Crippen LogP contribution in [-0.2, 0) is 14.3 Å². The Morgan fingerprint density at radius 3 is 1.81 bits per heavy atom. The van der Waals surface area contributed by atoms with Gasteiger partial charge in [-0.25, -0.2) is 0 Å². The second-order valence-corrected chi connectivity index (χ2v) is 7.41. The number of methoxy groups -OCH3 is 1. The SMILES string of the molecule is CCCCCCCCCCCCCC1=C(OC)C(=O)C=C(N(C)C)C1=O. The Labute approximate surface area is 159 Å². The van der Waals surface area contributed by atoms with Gasteiger partial charge in [0, 0.05) is 25.7 Å². The van der Waals surface area contributed by atoms with Crippen LogP contribution in [0.5, 0.6) is 0 Å². The molecule has 148 valence electrons. The van der Waals surface area contributed by atoms with Crippen molar-refractivity contribution in [1.82, 2.24) is 4.90 Å². The zero-order chi connectivity index (χ0) is 19.4. The number of carbonyl (C=O) groups is 2. The summed E-state index contributed by atoms with van der Waals surface area (Å²) in [4.78, 5) is 26.5. The summed E-state index contributed by atoms with van der Waals surface area (Å²) in [5.41, 5.74) is 0.994. The predicted octanol–water partition coefficient (Wildman–Crippen LogP) is 5.19. The molecule has 0 amide bonds. The van der Waals surface area contributed by atoms with Crippen molar-refractivity contribution in [1.29, 1.82) is 0 Å². The standard InChI is InChI=1S/C22H37NO3/c1-5-6-7-8-9-10-11-12-13-14-15-16-18-21(25)19(23(2)3)17-20(24)22(18)26-4/h17H,5-16H2,1-4H3. The summed E-state index contributed by atoms with van der Waals surface area (Å²) in [6, 6.07) is 0. The van der Waals surface area contributed by atoms with Crippen LogP contribution < -0.4 is 0 Å². The zero-order valence-corrected chi connectivity index (χ0v) is 17.2. The van der Waals surface area contributed by atoms with Crippen LogP contribution in [0.2, 0.25) is 0 Å². The van der Waals surface area contributed by atoms with Crippen LogP contribution in [0.1, 0.15) is 84.0 Å². The Morgan fingerprint density at radius 2 is 1.35 bits per heavy atom. The molecular formula is C22H37NO3. The summed E-state index contributed by atoms with van der Waals surface area (Å²) in [5, 5.41) is 0. The molecule has 1 aliphatic rings. The molecule has 1 rings (SSSR count). The van der Waals surface area contributed by atoms with Crippen LogP contribution in [-0.4, -0.2) is 37.7 Å². The van der Waals surface area contributed by atoms with Gasteiger partial charge in [0.05, 0.1) is 12.8 Å². The second kappa shape index (κ2) is 12.7. The highest BCUT2D eigenvalue weighted by atomic mass is 16.5. The van der Waals surface area contributed by atoms with Crippen molar-refractivity contribution in [3.05, 3.63) is 23.1 Å². The normalized spacial score (nSPS) is 14.7. The van der Waals surface area contributed by atoms with E-state index >= 15 is 0 Å². The van der Waals surface area contributed by atoms with Gasteiger partial charge in [0.2, 0.25) is 11.6 Å². The third kappa shape index (κ3) is 7.35. The van der Waals surface area contributed by atoms with Gasteiger partial charge in [0.1, 0.15) is 0 Å². The van der Waals surface area contributed by atoms with Crippen molar-refractivity contribution in [3.8, 4) is 0 Å². The predicted molar refractivity (Wildman–Crippen MR) is 107 cm³/mol. The number of allylic oxidation sites excluding steroid dienone is 2. The first kappa shape index (κ1) is 22.5. The number of unbranched alkanes of at least 4 members (excludes halogenated alkanes) is 10. The third-order valence-corrected chi connectivity index (χ3v) is 4.99. The highest BCUT2D eigenvalue weighted by molar-refractivity contribution is 6.21. The number of ketones is 2. The molecule has 0 aliphatic heterocycles. The minimum atomic E-state index is -0.200. The lowest BCUT2D eigenvalue weighted by atomic mass is 9.93. The Kier molecular flexibility index (Phi) is 11.0. The molecule has 0 aromatic carbocycles. The maximum absolute atomic E-state index is 12.6. The van der Waals surface area contributed by atoms with Gasteiger partial charge in [-0.15, -0.1) is 0 Å². The Balaban J connectivity index is 2.28. The molecule has 4 nitrogen and oxygen atoms in total. The van der Waals surface area contributed by atoms with Crippen molar-refractivity contribution in [3.63, 3.8) is 0 Å². The number of carbonyl (C=O) groups excluding carboxylic acids is 2. The van der Waals surface area contributed by atoms with Crippen molar-refractivity contribution < 1.29 is 14.3 Å². The Bertz CT molecular complexity index is 517. The number of hydrogen-bond acceptors (Lipinski definition) is 4. The number of likely N-dealkylation sites (N-methyl/N-ethyl adjacent to an activating group) is 1. The summed E-state index contributed by atoms with van der Waals surface area (Å²) < 4.78 is 5.21. The lowest BCUT2D eigenvalue weighted by molar-refractivity contribution is -0.119. The minimum Gasteiger partial charge on any atom is -0.492 e. The summed E-state index contributed by atoms with van der Waals surface area (Å²) in [6.45, 7) is 2.25.